The number of rotatable bonds is 6. The predicted molar refractivity (Wildman–Crippen MR) is 84.8 cm³/mol. The molecule has 0 aliphatic heterocycles. The minimum absolute atomic E-state index is 0.0113. The van der Waals surface area contributed by atoms with Gasteiger partial charge in [-0.05, 0) is 24.0 Å². The number of guanidine groups is 2. The maximum atomic E-state index is 10.8. The number of nitrogens with zero attached hydrogens (tertiary/aromatic N) is 2. The number of amides is 1. The molecule has 0 radical (unpaired) electrons. The summed E-state index contributed by atoms with van der Waals surface area (Å²) in [5.74, 6) is -0.0236. The van der Waals surface area contributed by atoms with Crippen LogP contribution in [0.5, 0.6) is 0 Å². The number of carbonyl (C=O) groups excluding carboxylic acids is 1. The van der Waals surface area contributed by atoms with Crippen LogP contribution in [0.2, 0.25) is 0 Å². The van der Waals surface area contributed by atoms with E-state index in [1.165, 1.54) is 12.5 Å². The fourth-order valence-electron chi connectivity index (χ4n) is 1.72. The van der Waals surface area contributed by atoms with Gasteiger partial charge < -0.3 is 22.5 Å². The zero-order valence-corrected chi connectivity index (χ0v) is 12.2. The molecule has 0 fully saturated rings. The molecular formula is C14H22N6O. The van der Waals surface area contributed by atoms with Gasteiger partial charge >= 0.3 is 0 Å². The Morgan fingerprint density at radius 1 is 1.10 bits per heavy atom. The van der Waals surface area contributed by atoms with Crippen LogP contribution in [-0.4, -0.2) is 30.9 Å². The predicted octanol–water partition coefficient (Wildman–Crippen LogP) is -0.504. The van der Waals surface area contributed by atoms with Crippen LogP contribution in [0.15, 0.2) is 34.3 Å². The molecule has 1 rings (SSSR count). The molecule has 0 atom stereocenters. The van der Waals surface area contributed by atoms with Crippen molar-refractivity contribution in [2.45, 2.75) is 19.8 Å². The van der Waals surface area contributed by atoms with Crippen molar-refractivity contribution >= 4 is 17.8 Å². The second-order valence-electron chi connectivity index (χ2n) is 4.58. The molecule has 1 aromatic rings. The van der Waals surface area contributed by atoms with Crippen LogP contribution in [0.1, 0.15) is 18.1 Å². The monoisotopic (exact) mass is 290 g/mol. The summed E-state index contributed by atoms with van der Waals surface area (Å²) >= 11 is 0. The molecule has 114 valence electrons. The zero-order valence-electron chi connectivity index (χ0n) is 12.2. The van der Waals surface area contributed by atoms with Gasteiger partial charge in [-0.2, -0.15) is 4.99 Å². The van der Waals surface area contributed by atoms with Crippen LogP contribution < -0.4 is 22.5 Å². The summed E-state index contributed by atoms with van der Waals surface area (Å²) in [4.78, 5) is 18.5. The Morgan fingerprint density at radius 3 is 2.19 bits per heavy atom. The van der Waals surface area contributed by atoms with Gasteiger partial charge in [0.25, 0.3) is 0 Å². The number of hydrogen-bond acceptors (Lipinski definition) is 2. The lowest BCUT2D eigenvalue weighted by atomic mass is 10.1. The van der Waals surface area contributed by atoms with E-state index in [1.807, 2.05) is 24.3 Å². The highest BCUT2D eigenvalue weighted by Gasteiger charge is 1.97. The molecule has 0 bridgehead atoms. The Balaban J connectivity index is 2.41. The number of carbonyl (C=O) groups is 1. The smallest absolute Gasteiger partial charge is 0.218 e. The highest BCUT2D eigenvalue weighted by atomic mass is 16.1. The van der Waals surface area contributed by atoms with E-state index in [2.05, 4.69) is 15.3 Å². The number of nitrogens with two attached hydrogens (primary N) is 3. The Morgan fingerprint density at radius 2 is 1.67 bits per heavy atom. The first-order chi connectivity index (χ1) is 9.97. The van der Waals surface area contributed by atoms with Crippen LogP contribution in [0.4, 0.5) is 0 Å². The van der Waals surface area contributed by atoms with Gasteiger partial charge in [-0.1, -0.05) is 24.3 Å². The summed E-state index contributed by atoms with van der Waals surface area (Å²) in [5.41, 5.74) is 18.2. The van der Waals surface area contributed by atoms with Gasteiger partial charge in [0.2, 0.25) is 11.9 Å². The zero-order chi connectivity index (χ0) is 15.7. The van der Waals surface area contributed by atoms with E-state index < -0.39 is 0 Å². The molecule has 0 aromatic heterocycles. The fraction of sp³-hybridized carbons (Fsp3) is 0.357. The van der Waals surface area contributed by atoms with E-state index >= 15 is 0 Å². The van der Waals surface area contributed by atoms with E-state index in [-0.39, 0.29) is 17.8 Å². The molecule has 0 saturated heterocycles. The quantitative estimate of drug-likeness (QED) is 0.415. The lowest BCUT2D eigenvalue weighted by Gasteiger charge is -2.04. The topological polar surface area (TPSA) is 132 Å². The SMILES string of the molecule is CC(=O)NCCc1ccc(CCN=C(N)N=C(N)N)cc1. The average Bonchev–Trinajstić information content (AvgIpc) is 2.39. The van der Waals surface area contributed by atoms with Crippen LogP contribution in [0.3, 0.4) is 0 Å². The Bertz CT molecular complexity index is 517. The number of benzene rings is 1. The van der Waals surface area contributed by atoms with Gasteiger partial charge in [-0.3, -0.25) is 9.79 Å². The standard InChI is InChI=1S/C14H22N6O/c1-10(21)18-8-6-11-2-4-12(5-3-11)7-9-19-14(17)20-13(15)16/h2-5H,6-9H2,1H3,(H,18,21)(H6,15,16,17,19,20). The molecule has 1 amide bonds. The molecule has 0 aliphatic rings. The van der Waals surface area contributed by atoms with Gasteiger partial charge in [-0.25, -0.2) is 0 Å². The first-order valence-electron chi connectivity index (χ1n) is 6.69. The Labute approximate surface area is 124 Å². The summed E-state index contributed by atoms with van der Waals surface area (Å²) in [6, 6.07) is 8.16. The number of nitrogens with one attached hydrogen (secondary N) is 1. The maximum absolute atomic E-state index is 10.8. The van der Waals surface area contributed by atoms with Gasteiger partial charge in [0.05, 0.1) is 0 Å². The first-order valence-corrected chi connectivity index (χ1v) is 6.69. The highest BCUT2D eigenvalue weighted by Crippen LogP contribution is 2.06. The summed E-state index contributed by atoms with van der Waals surface area (Å²) in [7, 11) is 0. The normalized spacial score (nSPS) is 11.0. The molecule has 7 heteroatoms. The van der Waals surface area contributed by atoms with E-state index in [0.717, 1.165) is 18.4 Å². The fourth-order valence-corrected chi connectivity index (χ4v) is 1.72. The third-order valence-corrected chi connectivity index (χ3v) is 2.73. The molecule has 0 heterocycles. The first kappa shape index (κ1) is 16.5. The van der Waals surface area contributed by atoms with Crippen LogP contribution >= 0.6 is 0 Å². The van der Waals surface area contributed by atoms with Gasteiger partial charge in [0, 0.05) is 20.0 Å². The summed E-state index contributed by atoms with van der Waals surface area (Å²) < 4.78 is 0. The van der Waals surface area contributed by atoms with Crippen molar-refractivity contribution in [1.29, 1.82) is 0 Å². The van der Waals surface area contributed by atoms with Gasteiger partial charge in [0.1, 0.15) is 0 Å². The minimum Gasteiger partial charge on any atom is -0.370 e. The lowest BCUT2D eigenvalue weighted by Crippen LogP contribution is -2.26. The largest absolute Gasteiger partial charge is 0.370 e. The molecule has 1 aromatic carbocycles. The summed E-state index contributed by atoms with van der Waals surface area (Å²) in [6.07, 6.45) is 1.57. The molecule has 0 saturated carbocycles. The summed E-state index contributed by atoms with van der Waals surface area (Å²) in [6.45, 7) is 2.68. The third kappa shape index (κ3) is 7.56. The van der Waals surface area contributed by atoms with Crippen molar-refractivity contribution in [1.82, 2.24) is 5.32 Å². The molecular weight excluding hydrogens is 268 g/mol. The third-order valence-electron chi connectivity index (χ3n) is 2.73. The van der Waals surface area contributed by atoms with Crippen molar-refractivity contribution in [3.05, 3.63) is 35.4 Å². The second kappa shape index (κ2) is 8.57. The molecule has 0 spiro atoms. The molecule has 0 unspecified atom stereocenters. The van der Waals surface area contributed by atoms with Crippen molar-refractivity contribution in [3.8, 4) is 0 Å². The Kier molecular flexibility index (Phi) is 6.73. The van der Waals surface area contributed by atoms with Crippen molar-refractivity contribution in [2.24, 2.45) is 27.2 Å². The maximum Gasteiger partial charge on any atom is 0.218 e. The molecule has 0 aliphatic carbocycles. The van der Waals surface area contributed by atoms with Crippen LogP contribution in [-0.2, 0) is 17.6 Å². The Hall–Kier alpha value is -2.57. The van der Waals surface area contributed by atoms with Crippen LogP contribution in [0.25, 0.3) is 0 Å². The number of aliphatic imine (C=N–C) groups is 2. The lowest BCUT2D eigenvalue weighted by molar-refractivity contribution is -0.118. The van der Waals surface area contributed by atoms with Crippen molar-refractivity contribution < 1.29 is 4.79 Å². The van der Waals surface area contributed by atoms with E-state index in [1.54, 1.807) is 0 Å². The highest BCUT2D eigenvalue weighted by molar-refractivity contribution is 5.92. The molecule has 7 nitrogen and oxygen atoms in total. The number of hydrogen-bond donors (Lipinski definition) is 4. The van der Waals surface area contributed by atoms with Crippen molar-refractivity contribution in [3.63, 3.8) is 0 Å². The average molecular weight is 290 g/mol. The second-order valence-corrected chi connectivity index (χ2v) is 4.58. The van der Waals surface area contributed by atoms with Gasteiger partial charge in [-0.15, -0.1) is 0 Å². The molecule has 21 heavy (non-hydrogen) atoms. The van der Waals surface area contributed by atoms with Crippen LogP contribution in [0, 0.1) is 0 Å². The van der Waals surface area contributed by atoms with E-state index in [0.29, 0.717) is 13.1 Å². The van der Waals surface area contributed by atoms with Gasteiger partial charge in [0.15, 0.2) is 5.96 Å². The van der Waals surface area contributed by atoms with E-state index in [9.17, 15) is 4.79 Å². The minimum atomic E-state index is -0.0974. The van der Waals surface area contributed by atoms with Crippen molar-refractivity contribution in [2.75, 3.05) is 13.1 Å². The molecule has 7 N–H and O–H groups in total. The van der Waals surface area contributed by atoms with E-state index in [4.69, 9.17) is 17.2 Å². The summed E-state index contributed by atoms with van der Waals surface area (Å²) in [5, 5.41) is 2.77.